The van der Waals surface area contributed by atoms with Gasteiger partial charge >= 0.3 is 0 Å². The molecule has 3 heteroatoms. The lowest BCUT2D eigenvalue weighted by Gasteiger charge is -1.97. The molecule has 0 spiro atoms. The molecule has 1 aromatic rings. The van der Waals surface area contributed by atoms with E-state index < -0.39 is 0 Å². The first-order chi connectivity index (χ1) is 8.34. The summed E-state index contributed by atoms with van der Waals surface area (Å²) < 4.78 is 0. The lowest BCUT2D eigenvalue weighted by molar-refractivity contribution is 0.103. The first kappa shape index (κ1) is 13.7. The Hall–Kier alpha value is -1.38. The molecule has 0 aliphatic heterocycles. The molecule has 0 aromatic carbocycles. The van der Waals surface area contributed by atoms with E-state index in [1.54, 1.807) is 18.5 Å². The number of nitrogens with zero attached hydrogens (tertiary/aromatic N) is 1. The Morgan fingerprint density at radius 2 is 2.06 bits per heavy atom. The molecule has 0 aliphatic carbocycles. The highest BCUT2D eigenvalue weighted by molar-refractivity contribution is 6.01. The molecule has 3 nitrogen and oxygen atoms in total. The molecular formula is C14H22N2O. The van der Waals surface area contributed by atoms with Gasteiger partial charge in [-0.1, -0.05) is 45.1 Å². The van der Waals surface area contributed by atoms with Crippen LogP contribution in [0.3, 0.4) is 0 Å². The fourth-order valence-corrected chi connectivity index (χ4v) is 1.71. The normalized spacial score (nSPS) is 11.1. The summed E-state index contributed by atoms with van der Waals surface area (Å²) in [7, 11) is 0. The van der Waals surface area contributed by atoms with Crippen LogP contribution in [0.15, 0.2) is 24.5 Å². The highest BCUT2D eigenvalue weighted by Gasteiger charge is 2.01. The maximum Gasteiger partial charge on any atom is 0.220 e. The number of hydrogen-bond acceptors (Lipinski definition) is 2. The average molecular weight is 234 g/mol. The van der Waals surface area contributed by atoms with Crippen LogP contribution in [0.2, 0.25) is 0 Å². The monoisotopic (exact) mass is 234 g/mol. The molecule has 0 bridgehead atoms. The third-order valence-electron chi connectivity index (χ3n) is 2.73. The van der Waals surface area contributed by atoms with Gasteiger partial charge < -0.3 is 4.98 Å². The number of aromatic amines is 1. The maximum atomic E-state index is 11.5. The summed E-state index contributed by atoms with van der Waals surface area (Å²) >= 11 is 0. The number of unbranched alkanes of at least 4 members (excludes halogenated alkanes) is 6. The van der Waals surface area contributed by atoms with Crippen LogP contribution in [0.4, 0.5) is 0 Å². The average Bonchev–Trinajstić information content (AvgIpc) is 2.86. The van der Waals surface area contributed by atoms with E-state index in [9.17, 15) is 4.79 Å². The van der Waals surface area contributed by atoms with Crippen molar-refractivity contribution in [2.24, 2.45) is 0 Å². The van der Waals surface area contributed by atoms with E-state index in [-0.39, 0.29) is 5.78 Å². The second-order valence-electron chi connectivity index (χ2n) is 4.26. The number of ketones is 1. The van der Waals surface area contributed by atoms with E-state index in [0.717, 1.165) is 6.42 Å². The fourth-order valence-electron chi connectivity index (χ4n) is 1.71. The van der Waals surface area contributed by atoms with Crippen molar-refractivity contribution < 1.29 is 4.79 Å². The van der Waals surface area contributed by atoms with Gasteiger partial charge in [-0.25, -0.2) is 4.98 Å². The Bertz CT molecular complexity index is 328. The second kappa shape index (κ2) is 8.74. The molecule has 94 valence electrons. The van der Waals surface area contributed by atoms with Gasteiger partial charge in [0.1, 0.15) is 0 Å². The van der Waals surface area contributed by atoms with Crippen molar-refractivity contribution in [1.82, 2.24) is 9.97 Å². The molecule has 1 aromatic heterocycles. The van der Waals surface area contributed by atoms with Crippen LogP contribution >= 0.6 is 0 Å². The molecule has 17 heavy (non-hydrogen) atoms. The Balaban J connectivity index is 2.04. The highest BCUT2D eigenvalue weighted by Crippen LogP contribution is 2.07. The highest BCUT2D eigenvalue weighted by atomic mass is 16.1. The van der Waals surface area contributed by atoms with E-state index in [4.69, 9.17) is 0 Å². The zero-order valence-electron chi connectivity index (χ0n) is 10.6. The summed E-state index contributed by atoms with van der Waals surface area (Å²) in [5, 5.41) is 0. The molecule has 0 aliphatic rings. The van der Waals surface area contributed by atoms with Gasteiger partial charge in [0.15, 0.2) is 5.82 Å². The number of allylic oxidation sites excluding steroid dienone is 2. The van der Waals surface area contributed by atoms with Crippen LogP contribution in [0.25, 0.3) is 0 Å². The molecule has 0 fully saturated rings. The fraction of sp³-hybridized carbons (Fsp3) is 0.571. The summed E-state index contributed by atoms with van der Waals surface area (Å²) in [6.07, 6.45) is 15.5. The quantitative estimate of drug-likeness (QED) is 0.400. The Morgan fingerprint density at radius 1 is 1.29 bits per heavy atom. The molecule has 1 N–H and O–H groups in total. The molecule has 0 amide bonds. The Morgan fingerprint density at radius 3 is 2.76 bits per heavy atom. The first-order valence-corrected chi connectivity index (χ1v) is 6.55. The molecule has 1 heterocycles. The van der Waals surface area contributed by atoms with Crippen LogP contribution < -0.4 is 0 Å². The number of carbonyl (C=O) groups excluding carboxylic acids is 1. The van der Waals surface area contributed by atoms with Gasteiger partial charge in [-0.05, 0) is 18.9 Å². The molecule has 0 saturated heterocycles. The molecule has 0 atom stereocenters. The minimum Gasteiger partial charge on any atom is -0.342 e. The van der Waals surface area contributed by atoms with Crippen molar-refractivity contribution in [1.29, 1.82) is 0 Å². The van der Waals surface area contributed by atoms with E-state index >= 15 is 0 Å². The SMILES string of the molecule is CCCCCCCCC=CC(=O)c1ncc[nH]1. The minimum atomic E-state index is -0.0408. The summed E-state index contributed by atoms with van der Waals surface area (Å²) in [5.41, 5.74) is 0. The number of H-pyrrole nitrogens is 1. The largest absolute Gasteiger partial charge is 0.342 e. The van der Waals surface area contributed by atoms with Crippen LogP contribution in [0, 0.1) is 0 Å². The Kier molecular flexibility index (Phi) is 7.03. The number of carbonyl (C=O) groups is 1. The molecule has 1 rings (SSSR count). The van der Waals surface area contributed by atoms with E-state index in [0.29, 0.717) is 5.82 Å². The van der Waals surface area contributed by atoms with Crippen molar-refractivity contribution in [3.63, 3.8) is 0 Å². The Labute approximate surface area is 103 Å². The van der Waals surface area contributed by atoms with Crippen molar-refractivity contribution in [2.75, 3.05) is 0 Å². The first-order valence-electron chi connectivity index (χ1n) is 6.55. The van der Waals surface area contributed by atoms with Gasteiger partial charge in [-0.2, -0.15) is 0 Å². The molecule has 0 radical (unpaired) electrons. The third-order valence-corrected chi connectivity index (χ3v) is 2.73. The zero-order valence-corrected chi connectivity index (χ0v) is 10.6. The van der Waals surface area contributed by atoms with Gasteiger partial charge in [0.2, 0.25) is 5.78 Å². The van der Waals surface area contributed by atoms with E-state index in [2.05, 4.69) is 16.9 Å². The predicted octanol–water partition coefficient (Wildman–Crippen LogP) is 3.90. The third kappa shape index (κ3) is 6.05. The summed E-state index contributed by atoms with van der Waals surface area (Å²) in [6, 6.07) is 0. The van der Waals surface area contributed by atoms with Crippen molar-refractivity contribution in [3.05, 3.63) is 30.4 Å². The summed E-state index contributed by atoms with van der Waals surface area (Å²) in [6.45, 7) is 2.23. The van der Waals surface area contributed by atoms with Crippen molar-refractivity contribution in [3.8, 4) is 0 Å². The smallest absolute Gasteiger partial charge is 0.220 e. The standard InChI is InChI=1S/C14H22N2O/c1-2-3-4-5-6-7-8-9-10-13(17)14-15-11-12-16-14/h9-12H,2-8H2,1H3,(H,15,16). The van der Waals surface area contributed by atoms with Crippen LogP contribution in [0.5, 0.6) is 0 Å². The van der Waals surface area contributed by atoms with Crippen LogP contribution in [-0.2, 0) is 0 Å². The number of rotatable bonds is 9. The van der Waals surface area contributed by atoms with Crippen LogP contribution in [-0.4, -0.2) is 15.8 Å². The maximum absolute atomic E-state index is 11.5. The number of nitrogens with one attached hydrogen (secondary N) is 1. The molecule has 0 saturated carbocycles. The van der Waals surface area contributed by atoms with Gasteiger partial charge in [0.05, 0.1) is 0 Å². The topological polar surface area (TPSA) is 45.8 Å². The number of imidazole rings is 1. The zero-order chi connectivity index (χ0) is 12.3. The van der Waals surface area contributed by atoms with Crippen molar-refractivity contribution in [2.45, 2.75) is 51.9 Å². The molecular weight excluding hydrogens is 212 g/mol. The van der Waals surface area contributed by atoms with Gasteiger partial charge in [-0.15, -0.1) is 0 Å². The minimum absolute atomic E-state index is 0.0408. The lowest BCUT2D eigenvalue weighted by Crippen LogP contribution is -1.96. The van der Waals surface area contributed by atoms with Crippen LogP contribution in [0.1, 0.15) is 62.5 Å². The molecule has 0 unspecified atom stereocenters. The predicted molar refractivity (Wildman–Crippen MR) is 70.1 cm³/mol. The second-order valence-corrected chi connectivity index (χ2v) is 4.26. The van der Waals surface area contributed by atoms with Crippen molar-refractivity contribution >= 4 is 5.78 Å². The number of aromatic nitrogens is 2. The lowest BCUT2D eigenvalue weighted by atomic mass is 10.1. The van der Waals surface area contributed by atoms with E-state index in [1.807, 2.05) is 6.08 Å². The van der Waals surface area contributed by atoms with Gasteiger partial charge in [-0.3, -0.25) is 4.79 Å². The van der Waals surface area contributed by atoms with Gasteiger partial charge in [0, 0.05) is 12.4 Å². The van der Waals surface area contributed by atoms with Gasteiger partial charge in [0.25, 0.3) is 0 Å². The summed E-state index contributed by atoms with van der Waals surface area (Å²) in [4.78, 5) is 18.2. The summed E-state index contributed by atoms with van der Waals surface area (Å²) in [5.74, 6) is 0.380. The van der Waals surface area contributed by atoms with E-state index in [1.165, 1.54) is 38.5 Å². The number of hydrogen-bond donors (Lipinski definition) is 1.